The number of halogens is 3. The van der Waals surface area contributed by atoms with E-state index in [0.717, 1.165) is 24.3 Å². The molecule has 0 bridgehead atoms. The Balaban J connectivity index is 1.42. The number of benzene rings is 1. The van der Waals surface area contributed by atoms with Crippen LogP contribution in [0.2, 0.25) is 0 Å². The molecule has 1 aliphatic heterocycles. The fraction of sp³-hybridized carbons (Fsp3) is 0.250. The molecule has 11 heteroatoms. The van der Waals surface area contributed by atoms with Gasteiger partial charge >= 0.3 is 6.18 Å². The molecule has 1 aromatic carbocycles. The largest absolute Gasteiger partial charge is 0.416 e. The summed E-state index contributed by atoms with van der Waals surface area (Å²) >= 11 is 0. The van der Waals surface area contributed by atoms with Gasteiger partial charge in [-0.15, -0.1) is 10.2 Å². The molecule has 0 spiro atoms. The zero-order chi connectivity index (χ0) is 22.1. The van der Waals surface area contributed by atoms with Gasteiger partial charge in [-0.05, 0) is 48.5 Å². The standard InChI is InChI=1S/C20H18F3N5O2S/c21-20(22,23)15-4-6-16(7-5-15)31(29,30)28-13-11-27(12-14-28)19-9-8-18(25-26-19)17-3-1-2-10-24-17/h1-10H,11-14H2. The second-order valence-electron chi connectivity index (χ2n) is 6.91. The molecule has 0 unspecified atom stereocenters. The van der Waals surface area contributed by atoms with Crippen LogP contribution in [0.3, 0.4) is 0 Å². The summed E-state index contributed by atoms with van der Waals surface area (Å²) in [5, 5.41) is 8.41. The number of aromatic nitrogens is 3. The summed E-state index contributed by atoms with van der Waals surface area (Å²) in [6.45, 7) is 1.15. The molecule has 7 nitrogen and oxygen atoms in total. The molecule has 1 fully saturated rings. The molecular weight excluding hydrogens is 431 g/mol. The number of hydrogen-bond acceptors (Lipinski definition) is 6. The van der Waals surface area contributed by atoms with Crippen LogP contribution in [0.15, 0.2) is 65.7 Å². The average molecular weight is 449 g/mol. The number of nitrogens with zero attached hydrogens (tertiary/aromatic N) is 5. The first-order chi connectivity index (χ1) is 14.7. The molecule has 4 rings (SSSR count). The van der Waals surface area contributed by atoms with Gasteiger partial charge in [0.1, 0.15) is 5.69 Å². The minimum absolute atomic E-state index is 0.159. The molecule has 0 N–H and O–H groups in total. The molecule has 3 aromatic rings. The fourth-order valence-electron chi connectivity index (χ4n) is 3.27. The number of sulfonamides is 1. The van der Waals surface area contributed by atoms with Crippen LogP contribution in [-0.2, 0) is 16.2 Å². The molecule has 162 valence electrons. The third kappa shape index (κ3) is 4.52. The van der Waals surface area contributed by atoms with E-state index in [2.05, 4.69) is 15.2 Å². The predicted octanol–water partition coefficient (Wildman–Crippen LogP) is 3.07. The van der Waals surface area contributed by atoms with E-state index >= 15 is 0 Å². The van der Waals surface area contributed by atoms with Crippen LogP contribution in [0.1, 0.15) is 5.56 Å². The monoisotopic (exact) mass is 449 g/mol. The van der Waals surface area contributed by atoms with Gasteiger partial charge in [-0.2, -0.15) is 17.5 Å². The van der Waals surface area contributed by atoms with Crippen LogP contribution in [0, 0.1) is 0 Å². The van der Waals surface area contributed by atoms with Gasteiger partial charge in [-0.1, -0.05) is 6.07 Å². The highest BCUT2D eigenvalue weighted by atomic mass is 32.2. The number of alkyl halides is 3. The normalized spacial score (nSPS) is 15.8. The Morgan fingerprint density at radius 2 is 1.52 bits per heavy atom. The van der Waals surface area contributed by atoms with Crippen molar-refractivity contribution < 1.29 is 21.6 Å². The highest BCUT2D eigenvalue weighted by Crippen LogP contribution is 2.30. The maximum Gasteiger partial charge on any atom is 0.416 e. The van der Waals surface area contributed by atoms with Gasteiger partial charge in [-0.25, -0.2) is 8.42 Å². The number of hydrogen-bond donors (Lipinski definition) is 0. The van der Waals surface area contributed by atoms with Gasteiger partial charge in [0.05, 0.1) is 16.2 Å². The molecular formula is C20H18F3N5O2S. The van der Waals surface area contributed by atoms with Crippen molar-refractivity contribution in [1.29, 1.82) is 0 Å². The molecule has 0 atom stereocenters. The van der Waals surface area contributed by atoms with Gasteiger partial charge in [0.2, 0.25) is 10.0 Å². The maximum absolute atomic E-state index is 12.8. The average Bonchev–Trinajstić information content (AvgIpc) is 2.79. The Morgan fingerprint density at radius 3 is 2.06 bits per heavy atom. The molecule has 0 radical (unpaired) electrons. The lowest BCUT2D eigenvalue weighted by atomic mass is 10.2. The number of anilines is 1. The van der Waals surface area contributed by atoms with E-state index in [4.69, 9.17) is 0 Å². The fourth-order valence-corrected chi connectivity index (χ4v) is 4.69. The van der Waals surface area contributed by atoms with Crippen LogP contribution in [0.4, 0.5) is 19.0 Å². The van der Waals surface area contributed by atoms with Gasteiger partial charge in [-0.3, -0.25) is 4.98 Å². The van der Waals surface area contributed by atoms with Crippen molar-refractivity contribution >= 4 is 15.8 Å². The molecule has 3 heterocycles. The van der Waals surface area contributed by atoms with Gasteiger partial charge in [0, 0.05) is 32.4 Å². The highest BCUT2D eigenvalue weighted by Gasteiger charge is 2.32. The summed E-state index contributed by atoms with van der Waals surface area (Å²) in [6.07, 6.45) is -2.84. The van der Waals surface area contributed by atoms with E-state index in [9.17, 15) is 21.6 Å². The lowest BCUT2D eigenvalue weighted by Gasteiger charge is -2.34. The Kier molecular flexibility index (Phi) is 5.63. The molecule has 1 aliphatic rings. The topological polar surface area (TPSA) is 79.3 Å². The van der Waals surface area contributed by atoms with E-state index < -0.39 is 21.8 Å². The molecule has 0 amide bonds. The van der Waals surface area contributed by atoms with Gasteiger partial charge in [0.25, 0.3) is 0 Å². The zero-order valence-electron chi connectivity index (χ0n) is 16.2. The van der Waals surface area contributed by atoms with Crippen LogP contribution < -0.4 is 4.90 Å². The van der Waals surface area contributed by atoms with Crippen molar-refractivity contribution in [2.24, 2.45) is 0 Å². The Hall–Kier alpha value is -3.05. The third-order valence-corrected chi connectivity index (χ3v) is 6.87. The van der Waals surface area contributed by atoms with E-state index in [-0.39, 0.29) is 18.0 Å². The van der Waals surface area contributed by atoms with Gasteiger partial charge < -0.3 is 4.90 Å². The quantitative estimate of drug-likeness (QED) is 0.609. The smallest absolute Gasteiger partial charge is 0.352 e. The van der Waals surface area contributed by atoms with E-state index in [1.165, 1.54) is 4.31 Å². The minimum atomic E-state index is -4.51. The Bertz CT molecular complexity index is 1130. The van der Waals surface area contributed by atoms with E-state index in [1.54, 1.807) is 18.3 Å². The van der Waals surface area contributed by atoms with Crippen molar-refractivity contribution in [3.8, 4) is 11.4 Å². The van der Waals surface area contributed by atoms with Crippen LogP contribution in [-0.4, -0.2) is 54.1 Å². The maximum atomic E-state index is 12.8. The third-order valence-electron chi connectivity index (χ3n) is 4.96. The summed E-state index contributed by atoms with van der Waals surface area (Å²) in [6, 6.07) is 12.6. The molecule has 1 saturated heterocycles. The van der Waals surface area contributed by atoms with Crippen molar-refractivity contribution in [1.82, 2.24) is 19.5 Å². The summed E-state index contributed by atoms with van der Waals surface area (Å²) in [7, 11) is -3.88. The zero-order valence-corrected chi connectivity index (χ0v) is 17.0. The highest BCUT2D eigenvalue weighted by molar-refractivity contribution is 7.89. The lowest BCUT2D eigenvalue weighted by Crippen LogP contribution is -2.49. The van der Waals surface area contributed by atoms with Crippen molar-refractivity contribution in [3.63, 3.8) is 0 Å². The first kappa shape index (κ1) is 21.2. The molecule has 0 aliphatic carbocycles. The Morgan fingerprint density at radius 1 is 0.806 bits per heavy atom. The van der Waals surface area contributed by atoms with Crippen LogP contribution in [0.5, 0.6) is 0 Å². The molecule has 31 heavy (non-hydrogen) atoms. The summed E-state index contributed by atoms with van der Waals surface area (Å²) in [4.78, 5) is 5.98. The van der Waals surface area contributed by atoms with Crippen molar-refractivity contribution in [3.05, 3.63) is 66.4 Å². The first-order valence-electron chi connectivity index (χ1n) is 9.43. The predicted molar refractivity (Wildman–Crippen MR) is 108 cm³/mol. The van der Waals surface area contributed by atoms with Crippen LogP contribution >= 0.6 is 0 Å². The van der Waals surface area contributed by atoms with E-state index in [1.807, 2.05) is 23.1 Å². The minimum Gasteiger partial charge on any atom is -0.352 e. The molecule has 0 saturated carbocycles. The number of piperazine rings is 1. The SMILES string of the molecule is O=S(=O)(c1ccc(C(F)(F)F)cc1)N1CCN(c2ccc(-c3ccccn3)nn2)CC1. The second kappa shape index (κ2) is 8.23. The van der Waals surface area contributed by atoms with Crippen LogP contribution in [0.25, 0.3) is 11.4 Å². The summed E-state index contributed by atoms with van der Waals surface area (Å²) in [5.41, 5.74) is 0.450. The summed E-state index contributed by atoms with van der Waals surface area (Å²) < 4.78 is 65.0. The first-order valence-corrected chi connectivity index (χ1v) is 10.9. The number of pyridine rings is 1. The summed E-state index contributed by atoms with van der Waals surface area (Å²) in [5.74, 6) is 0.617. The Labute approximate surface area is 177 Å². The van der Waals surface area contributed by atoms with Crippen molar-refractivity contribution in [2.75, 3.05) is 31.1 Å². The molecule has 2 aromatic heterocycles. The number of rotatable bonds is 4. The van der Waals surface area contributed by atoms with Crippen molar-refractivity contribution in [2.45, 2.75) is 11.1 Å². The second-order valence-corrected chi connectivity index (χ2v) is 8.84. The lowest BCUT2D eigenvalue weighted by molar-refractivity contribution is -0.137. The van der Waals surface area contributed by atoms with E-state index in [0.29, 0.717) is 30.3 Å². The van der Waals surface area contributed by atoms with Gasteiger partial charge in [0.15, 0.2) is 5.82 Å².